The lowest BCUT2D eigenvalue weighted by Gasteiger charge is -2.21. The minimum atomic E-state index is -4.97. The van der Waals surface area contributed by atoms with Gasteiger partial charge >= 0.3 is 39.5 Å². The summed E-state index contributed by atoms with van der Waals surface area (Å²) in [6, 6.07) is 0. The maximum absolute atomic E-state index is 13.1. The minimum absolute atomic E-state index is 0.0777. The van der Waals surface area contributed by atoms with Crippen LogP contribution in [0, 0.1) is 0 Å². The number of rotatable bonds is 73. The van der Waals surface area contributed by atoms with Gasteiger partial charge in [-0.05, 0) is 109 Å². The highest BCUT2D eigenvalue weighted by molar-refractivity contribution is 7.47. The van der Waals surface area contributed by atoms with Gasteiger partial charge in [0.2, 0.25) is 0 Å². The predicted octanol–water partition coefficient (Wildman–Crippen LogP) is 21.9. The largest absolute Gasteiger partial charge is 0.472 e. The Labute approximate surface area is 584 Å². The zero-order valence-corrected chi connectivity index (χ0v) is 62.8. The van der Waals surface area contributed by atoms with Crippen LogP contribution in [-0.4, -0.2) is 96.7 Å². The van der Waals surface area contributed by atoms with E-state index in [0.717, 1.165) is 148 Å². The molecule has 0 amide bonds. The van der Waals surface area contributed by atoms with E-state index < -0.39 is 97.5 Å². The predicted molar refractivity (Wildman–Crippen MR) is 390 cm³/mol. The molecule has 2 unspecified atom stereocenters. The van der Waals surface area contributed by atoms with Gasteiger partial charge in [-0.15, -0.1) is 0 Å². The molecule has 5 atom stereocenters. The molecule has 0 fully saturated rings. The normalized spacial score (nSPS) is 14.3. The number of hydrogen-bond donors (Lipinski definition) is 3. The molecular formula is C77H140O17P2. The van der Waals surface area contributed by atoms with Crippen molar-refractivity contribution in [3.05, 3.63) is 60.8 Å². The topological polar surface area (TPSA) is 237 Å². The molecule has 0 aliphatic rings. The van der Waals surface area contributed by atoms with Crippen molar-refractivity contribution in [2.24, 2.45) is 0 Å². The van der Waals surface area contributed by atoms with Gasteiger partial charge < -0.3 is 33.8 Å². The van der Waals surface area contributed by atoms with E-state index in [1.165, 1.54) is 122 Å². The number of aliphatic hydroxyl groups is 1. The Morgan fingerprint density at radius 1 is 0.302 bits per heavy atom. The van der Waals surface area contributed by atoms with Crippen LogP contribution in [0.25, 0.3) is 0 Å². The number of unbranched alkanes of at least 4 members (excludes halogenated alkanes) is 38. The van der Waals surface area contributed by atoms with Crippen molar-refractivity contribution in [3.8, 4) is 0 Å². The highest BCUT2D eigenvalue weighted by atomic mass is 31.2. The zero-order valence-electron chi connectivity index (χ0n) is 61.1. The van der Waals surface area contributed by atoms with Crippen LogP contribution in [0.4, 0.5) is 0 Å². The van der Waals surface area contributed by atoms with E-state index in [1.807, 2.05) is 0 Å². The van der Waals surface area contributed by atoms with Gasteiger partial charge in [-0.2, -0.15) is 0 Å². The average molecular weight is 1400 g/mol. The second-order valence-corrected chi connectivity index (χ2v) is 28.9. The molecule has 96 heavy (non-hydrogen) atoms. The first kappa shape index (κ1) is 92.8. The molecule has 0 aliphatic carbocycles. The van der Waals surface area contributed by atoms with Crippen molar-refractivity contribution < 1.29 is 80.2 Å². The number of phosphoric acid groups is 2. The summed E-state index contributed by atoms with van der Waals surface area (Å²) in [6.07, 6.45) is 67.7. The second kappa shape index (κ2) is 70.2. The van der Waals surface area contributed by atoms with Crippen LogP contribution in [-0.2, 0) is 65.4 Å². The van der Waals surface area contributed by atoms with Crippen LogP contribution in [0.1, 0.15) is 349 Å². The maximum Gasteiger partial charge on any atom is 0.472 e. The molecule has 0 heterocycles. The van der Waals surface area contributed by atoms with Gasteiger partial charge in [0, 0.05) is 25.7 Å². The van der Waals surface area contributed by atoms with Crippen molar-refractivity contribution in [2.45, 2.75) is 367 Å². The van der Waals surface area contributed by atoms with Gasteiger partial charge in [0.25, 0.3) is 0 Å². The first-order chi connectivity index (χ1) is 46.7. The lowest BCUT2D eigenvalue weighted by atomic mass is 10.0. The van der Waals surface area contributed by atoms with E-state index in [2.05, 4.69) is 88.5 Å². The van der Waals surface area contributed by atoms with Crippen LogP contribution in [0.3, 0.4) is 0 Å². The lowest BCUT2D eigenvalue weighted by Crippen LogP contribution is -2.30. The molecule has 3 N–H and O–H groups in total. The van der Waals surface area contributed by atoms with E-state index in [-0.39, 0.29) is 25.7 Å². The van der Waals surface area contributed by atoms with Gasteiger partial charge in [-0.25, -0.2) is 9.13 Å². The SMILES string of the molecule is CCCCC/C=C\C/C=C\CCCCCCCC(=O)OC[C@H](COP(=O)(O)OC[C@@H](O)COP(=O)(O)OC[C@@H](COC(=O)CCCCCCC/C=C\CCCCCC)OC(=O)CCCCCCCCCCCCCCC)OC(=O)CCCCCCC/C=C\C=C/CCCCCC. The summed E-state index contributed by atoms with van der Waals surface area (Å²) >= 11 is 0. The van der Waals surface area contributed by atoms with Gasteiger partial charge in [0.15, 0.2) is 12.2 Å². The summed E-state index contributed by atoms with van der Waals surface area (Å²) < 4.78 is 68.5. The highest BCUT2D eigenvalue weighted by Crippen LogP contribution is 2.45. The molecule has 0 rings (SSSR count). The quantitative estimate of drug-likeness (QED) is 0.0128. The fourth-order valence-corrected chi connectivity index (χ4v) is 12.1. The number of carbonyl (C=O) groups excluding carboxylic acids is 4. The van der Waals surface area contributed by atoms with Crippen molar-refractivity contribution in [1.82, 2.24) is 0 Å². The van der Waals surface area contributed by atoms with E-state index >= 15 is 0 Å². The number of esters is 4. The Morgan fingerprint density at radius 3 is 0.875 bits per heavy atom. The number of hydrogen-bond acceptors (Lipinski definition) is 15. The minimum Gasteiger partial charge on any atom is -0.462 e. The number of aliphatic hydroxyl groups excluding tert-OH is 1. The van der Waals surface area contributed by atoms with E-state index in [0.29, 0.717) is 25.7 Å². The second-order valence-electron chi connectivity index (χ2n) is 26.0. The van der Waals surface area contributed by atoms with Crippen LogP contribution in [0.5, 0.6) is 0 Å². The molecule has 19 heteroatoms. The molecule has 0 saturated heterocycles. The summed E-state index contributed by atoms with van der Waals surface area (Å²) in [4.78, 5) is 72.8. The van der Waals surface area contributed by atoms with E-state index in [1.54, 1.807) is 0 Å². The number of carbonyl (C=O) groups is 4. The van der Waals surface area contributed by atoms with E-state index in [9.17, 15) is 43.2 Å². The molecular weight excluding hydrogens is 1260 g/mol. The molecule has 0 aromatic heterocycles. The zero-order chi connectivity index (χ0) is 70.4. The first-order valence-corrected chi connectivity index (χ1v) is 41.5. The molecule has 560 valence electrons. The smallest absolute Gasteiger partial charge is 0.462 e. The summed E-state index contributed by atoms with van der Waals surface area (Å²) in [6.45, 7) is 4.82. The molecule has 17 nitrogen and oxygen atoms in total. The molecule has 0 radical (unpaired) electrons. The Kier molecular flexibility index (Phi) is 67.8. The fourth-order valence-electron chi connectivity index (χ4n) is 10.5. The molecule has 0 saturated carbocycles. The number of phosphoric ester groups is 2. The molecule has 0 aromatic rings. The van der Waals surface area contributed by atoms with Gasteiger partial charge in [-0.3, -0.25) is 37.3 Å². The van der Waals surface area contributed by atoms with E-state index in [4.69, 9.17) is 37.0 Å². The molecule has 0 aromatic carbocycles. The Balaban J connectivity index is 5.34. The van der Waals surface area contributed by atoms with Gasteiger partial charge in [-0.1, -0.05) is 275 Å². The lowest BCUT2D eigenvalue weighted by molar-refractivity contribution is -0.161. The van der Waals surface area contributed by atoms with Crippen molar-refractivity contribution in [3.63, 3.8) is 0 Å². The van der Waals surface area contributed by atoms with Crippen LogP contribution in [0.15, 0.2) is 60.8 Å². The van der Waals surface area contributed by atoms with Crippen molar-refractivity contribution in [1.29, 1.82) is 0 Å². The Bertz CT molecular complexity index is 2060. The monoisotopic (exact) mass is 1400 g/mol. The first-order valence-electron chi connectivity index (χ1n) is 38.5. The highest BCUT2D eigenvalue weighted by Gasteiger charge is 2.30. The number of ether oxygens (including phenoxy) is 4. The Morgan fingerprint density at radius 2 is 0.542 bits per heavy atom. The standard InChI is InChI=1S/C77H140O17P2/c1-5-9-13-17-21-25-29-33-35-39-42-46-50-54-58-62-75(80)88-68-73(94-77(82)64-60-56-52-48-44-40-36-34-30-26-22-18-14-10-6-2)70-92-96(85,86)90-66-71(78)65-89-95(83,84)91-69-72(93-76(81)63-59-55-51-47-43-38-32-28-24-20-16-12-8-4)67-87-74(79)61-57-53-49-45-41-37-31-27-23-19-15-11-7-3/h21,25-27,30-31,33-36,71-73,78H,5-20,22-24,28-29,32,37-70H2,1-4H3,(H,83,84)(H,85,86)/b25-21-,30-26-,31-27-,35-33-,36-34-/t71-,72+,73+/m0/s1. The summed E-state index contributed by atoms with van der Waals surface area (Å²) in [5.41, 5.74) is 0. The fraction of sp³-hybridized carbons (Fsp3) is 0.818. The van der Waals surface area contributed by atoms with Crippen LogP contribution in [0.2, 0.25) is 0 Å². The molecule has 0 bridgehead atoms. The molecule has 0 spiro atoms. The van der Waals surface area contributed by atoms with Crippen molar-refractivity contribution in [2.75, 3.05) is 39.6 Å². The van der Waals surface area contributed by atoms with Crippen LogP contribution >= 0.6 is 15.6 Å². The molecule has 0 aliphatic heterocycles. The third kappa shape index (κ3) is 69.2. The summed E-state index contributed by atoms with van der Waals surface area (Å²) in [5.74, 6) is -2.19. The van der Waals surface area contributed by atoms with Gasteiger partial charge in [0.05, 0.1) is 26.4 Å². The van der Waals surface area contributed by atoms with Crippen LogP contribution < -0.4 is 0 Å². The third-order valence-corrected chi connectivity index (χ3v) is 18.4. The summed E-state index contributed by atoms with van der Waals surface area (Å²) in [5, 5.41) is 10.6. The summed E-state index contributed by atoms with van der Waals surface area (Å²) in [7, 11) is -9.94. The maximum atomic E-state index is 13.1. The Hall–Kier alpha value is -3.24. The third-order valence-electron chi connectivity index (χ3n) is 16.5. The number of allylic oxidation sites excluding steroid dienone is 10. The average Bonchev–Trinajstić information content (AvgIpc) is 1.36. The van der Waals surface area contributed by atoms with Gasteiger partial charge in [0.1, 0.15) is 19.3 Å². The van der Waals surface area contributed by atoms with Crippen molar-refractivity contribution >= 4 is 39.5 Å².